The minimum atomic E-state index is -0.185. The van der Waals surface area contributed by atoms with Crippen LogP contribution in [0.1, 0.15) is 48.0 Å². The first-order chi connectivity index (χ1) is 13.4. The summed E-state index contributed by atoms with van der Waals surface area (Å²) in [4.78, 5) is 12.5. The van der Waals surface area contributed by atoms with Crippen molar-refractivity contribution in [2.45, 2.75) is 44.7 Å². The second-order valence-electron chi connectivity index (χ2n) is 8.23. The molecule has 5 heteroatoms. The molecule has 0 bridgehead atoms. The number of hydrogen-bond acceptors (Lipinski definition) is 2. The van der Waals surface area contributed by atoms with E-state index in [1.807, 2.05) is 12.1 Å². The van der Waals surface area contributed by atoms with Crippen molar-refractivity contribution >= 4 is 23.2 Å². The Balaban J connectivity index is 1.62. The molecule has 0 aromatic heterocycles. The average Bonchev–Trinajstić information content (AvgIpc) is 2.70. The second kappa shape index (κ2) is 8.97. The number of halogens is 1. The van der Waals surface area contributed by atoms with Crippen molar-refractivity contribution < 1.29 is 14.0 Å². The molecule has 1 fully saturated rings. The van der Waals surface area contributed by atoms with Crippen molar-refractivity contribution in [3.63, 3.8) is 0 Å². The highest BCUT2D eigenvalue weighted by atomic mass is 35.5. The predicted molar refractivity (Wildman–Crippen MR) is 115 cm³/mol. The van der Waals surface area contributed by atoms with Crippen LogP contribution < -0.4 is 10.1 Å². The van der Waals surface area contributed by atoms with Gasteiger partial charge in [-0.1, -0.05) is 30.2 Å². The molecule has 1 N–H and O–H groups in total. The molecule has 2 aromatic carbocycles. The maximum atomic E-state index is 12.5. The van der Waals surface area contributed by atoms with Crippen molar-refractivity contribution in [2.75, 3.05) is 26.5 Å². The Kier molecular flexibility index (Phi) is 6.63. The number of nitrogens with zero attached hydrogens (tertiary/aromatic N) is 1. The lowest BCUT2D eigenvalue weighted by Crippen LogP contribution is -2.48. The van der Waals surface area contributed by atoms with E-state index in [2.05, 4.69) is 31.5 Å². The summed E-state index contributed by atoms with van der Waals surface area (Å²) in [5, 5.41) is 3.36. The standard InChI is InChI=1S/C23H29ClN2O2/c1-26(2,20-7-5-4-6-8-20)16-17-9-12-19(13-10-17)25-23(27)18-11-14-22(28-3)21(24)15-18/h9-15,20H,4-8,16H2,1-3H3/p+1. The Morgan fingerprint density at radius 3 is 2.39 bits per heavy atom. The molecule has 0 unspecified atom stereocenters. The number of carbonyl (C=O) groups is 1. The lowest BCUT2D eigenvalue weighted by Gasteiger charge is -2.40. The maximum absolute atomic E-state index is 12.5. The number of carbonyl (C=O) groups excluding carboxylic acids is 1. The number of ether oxygens (including phenoxy) is 1. The summed E-state index contributed by atoms with van der Waals surface area (Å²) in [5.74, 6) is 0.372. The SMILES string of the molecule is COc1ccc(C(=O)Nc2ccc(C[N+](C)(C)C3CCCCC3)cc2)cc1Cl. The Morgan fingerprint density at radius 1 is 1.11 bits per heavy atom. The molecular weight excluding hydrogens is 372 g/mol. The summed E-state index contributed by atoms with van der Waals surface area (Å²) in [6, 6.07) is 13.9. The minimum absolute atomic E-state index is 0.185. The van der Waals surface area contributed by atoms with Crippen molar-refractivity contribution in [3.8, 4) is 5.75 Å². The van der Waals surface area contributed by atoms with E-state index in [1.54, 1.807) is 25.3 Å². The predicted octanol–water partition coefficient (Wildman–Crippen LogP) is 5.51. The van der Waals surface area contributed by atoms with Gasteiger partial charge in [0.1, 0.15) is 12.3 Å². The van der Waals surface area contributed by atoms with E-state index in [4.69, 9.17) is 16.3 Å². The number of anilines is 1. The summed E-state index contributed by atoms with van der Waals surface area (Å²) in [6.07, 6.45) is 6.74. The van der Waals surface area contributed by atoms with Crippen molar-refractivity contribution in [3.05, 3.63) is 58.6 Å². The van der Waals surface area contributed by atoms with Crippen LogP contribution in [0.2, 0.25) is 5.02 Å². The van der Waals surface area contributed by atoms with E-state index in [9.17, 15) is 4.79 Å². The molecule has 1 aliphatic carbocycles. The van der Waals surface area contributed by atoms with Gasteiger partial charge in [-0.2, -0.15) is 0 Å². The molecule has 3 rings (SSSR count). The van der Waals surface area contributed by atoms with Gasteiger partial charge >= 0.3 is 0 Å². The first kappa shape index (κ1) is 20.7. The van der Waals surface area contributed by atoms with Gasteiger partial charge in [0.15, 0.2) is 0 Å². The van der Waals surface area contributed by atoms with Crippen LogP contribution in [0.15, 0.2) is 42.5 Å². The van der Waals surface area contributed by atoms with Crippen molar-refractivity contribution in [1.82, 2.24) is 0 Å². The Hall–Kier alpha value is -2.04. The van der Waals surface area contributed by atoms with E-state index in [0.29, 0.717) is 16.3 Å². The Morgan fingerprint density at radius 2 is 1.79 bits per heavy atom. The summed E-state index contributed by atoms with van der Waals surface area (Å²) < 4.78 is 6.15. The van der Waals surface area contributed by atoms with Crippen LogP contribution in [0.3, 0.4) is 0 Å². The summed E-state index contributed by atoms with van der Waals surface area (Å²) in [5.41, 5.74) is 2.58. The normalized spacial score (nSPS) is 15.3. The Bertz CT molecular complexity index is 812. The zero-order valence-electron chi connectivity index (χ0n) is 17.0. The molecule has 4 nitrogen and oxygen atoms in total. The number of rotatable bonds is 6. The summed E-state index contributed by atoms with van der Waals surface area (Å²) in [7, 11) is 6.22. The highest BCUT2D eigenvalue weighted by Crippen LogP contribution is 2.28. The number of benzene rings is 2. The fourth-order valence-corrected chi connectivity index (χ4v) is 4.34. The molecule has 150 valence electrons. The fraction of sp³-hybridized carbons (Fsp3) is 0.435. The summed E-state index contributed by atoms with van der Waals surface area (Å²) >= 11 is 6.12. The van der Waals surface area contributed by atoms with Gasteiger partial charge in [0.25, 0.3) is 5.91 Å². The van der Waals surface area contributed by atoms with Crippen LogP contribution in [-0.2, 0) is 6.54 Å². The van der Waals surface area contributed by atoms with Crippen LogP contribution in [0.4, 0.5) is 5.69 Å². The highest BCUT2D eigenvalue weighted by Gasteiger charge is 2.29. The third-order valence-corrected chi connectivity index (χ3v) is 6.07. The molecule has 1 saturated carbocycles. The smallest absolute Gasteiger partial charge is 0.255 e. The summed E-state index contributed by atoms with van der Waals surface area (Å²) in [6.45, 7) is 1.01. The van der Waals surface area contributed by atoms with Crippen LogP contribution in [0, 0.1) is 0 Å². The van der Waals surface area contributed by atoms with Gasteiger partial charge < -0.3 is 14.5 Å². The number of hydrogen-bond donors (Lipinski definition) is 1. The molecular formula is C23H30ClN2O2+. The molecule has 1 aliphatic rings. The average molecular weight is 402 g/mol. The van der Waals surface area contributed by atoms with Gasteiger partial charge in [0, 0.05) is 16.8 Å². The zero-order chi connectivity index (χ0) is 20.1. The second-order valence-corrected chi connectivity index (χ2v) is 8.64. The van der Waals surface area contributed by atoms with Crippen molar-refractivity contribution in [2.24, 2.45) is 0 Å². The topological polar surface area (TPSA) is 38.3 Å². The van der Waals surface area contributed by atoms with Crippen LogP contribution >= 0.6 is 11.6 Å². The Labute approximate surface area is 173 Å². The van der Waals surface area contributed by atoms with Crippen LogP contribution in [0.5, 0.6) is 5.75 Å². The van der Waals surface area contributed by atoms with Gasteiger partial charge in [0.05, 0.1) is 32.3 Å². The van der Waals surface area contributed by atoms with Crippen LogP contribution in [0.25, 0.3) is 0 Å². The molecule has 0 aliphatic heterocycles. The number of quaternary nitrogens is 1. The van der Waals surface area contributed by atoms with E-state index in [1.165, 1.54) is 37.7 Å². The zero-order valence-corrected chi connectivity index (χ0v) is 17.8. The largest absolute Gasteiger partial charge is 0.495 e. The third kappa shape index (κ3) is 5.06. The van der Waals surface area contributed by atoms with Gasteiger partial charge in [0.2, 0.25) is 0 Å². The van der Waals surface area contributed by atoms with Gasteiger partial charge in [-0.25, -0.2) is 0 Å². The number of methoxy groups -OCH3 is 1. The monoisotopic (exact) mass is 401 g/mol. The van der Waals surface area contributed by atoms with E-state index in [0.717, 1.165) is 22.8 Å². The van der Waals surface area contributed by atoms with E-state index < -0.39 is 0 Å². The van der Waals surface area contributed by atoms with E-state index in [-0.39, 0.29) is 5.91 Å². The molecule has 1 amide bonds. The van der Waals surface area contributed by atoms with Gasteiger partial charge in [-0.15, -0.1) is 0 Å². The molecule has 28 heavy (non-hydrogen) atoms. The number of nitrogens with one attached hydrogen (secondary N) is 1. The molecule has 0 heterocycles. The molecule has 0 radical (unpaired) electrons. The molecule has 0 atom stereocenters. The maximum Gasteiger partial charge on any atom is 0.255 e. The lowest BCUT2D eigenvalue weighted by molar-refractivity contribution is -0.929. The quantitative estimate of drug-likeness (QED) is 0.648. The van der Waals surface area contributed by atoms with Gasteiger partial charge in [-0.3, -0.25) is 4.79 Å². The van der Waals surface area contributed by atoms with Crippen LogP contribution in [-0.4, -0.2) is 37.6 Å². The number of amides is 1. The molecule has 2 aromatic rings. The highest BCUT2D eigenvalue weighted by molar-refractivity contribution is 6.32. The van der Waals surface area contributed by atoms with E-state index >= 15 is 0 Å². The van der Waals surface area contributed by atoms with Gasteiger partial charge in [-0.05, 0) is 56.0 Å². The molecule has 0 spiro atoms. The van der Waals surface area contributed by atoms with Crippen molar-refractivity contribution in [1.29, 1.82) is 0 Å². The fourth-order valence-electron chi connectivity index (χ4n) is 4.08. The minimum Gasteiger partial charge on any atom is -0.495 e. The first-order valence-electron chi connectivity index (χ1n) is 9.95. The first-order valence-corrected chi connectivity index (χ1v) is 10.3. The molecule has 0 saturated heterocycles. The lowest BCUT2D eigenvalue weighted by atomic mass is 9.92. The third-order valence-electron chi connectivity index (χ3n) is 5.78.